The molecule has 0 saturated carbocycles. The van der Waals surface area contributed by atoms with Crippen LogP contribution in [-0.2, 0) is 11.3 Å². The third kappa shape index (κ3) is 4.72. The molecule has 29 heavy (non-hydrogen) atoms. The van der Waals surface area contributed by atoms with Gasteiger partial charge >= 0.3 is 0 Å². The molecular weight excluding hydrogens is 408 g/mol. The number of aromatic amines is 1. The van der Waals surface area contributed by atoms with E-state index < -0.39 is 5.91 Å². The topological polar surface area (TPSA) is 117 Å². The molecule has 1 saturated heterocycles. The van der Waals surface area contributed by atoms with E-state index in [1.807, 2.05) is 12.3 Å². The number of piperidine rings is 1. The summed E-state index contributed by atoms with van der Waals surface area (Å²) < 4.78 is 0. The quantitative estimate of drug-likeness (QED) is 0.556. The minimum Gasteiger partial charge on any atom is -0.364 e. The van der Waals surface area contributed by atoms with Crippen molar-refractivity contribution in [2.24, 2.45) is 11.7 Å². The standard InChI is InChI=1S/C19H22N6O2S2/c1-11-22-14(9-28-11)8-25-4-2-12(3-5-25)18(27)24-19-23-16(10-29-19)13-6-15(17(20)26)21-7-13/h6-7,9-10,12,21H,2-5,8H2,1H3,(H2,20,26)(H,23,24,27). The molecule has 10 heteroatoms. The molecule has 0 aliphatic carbocycles. The second kappa shape index (κ2) is 8.44. The Balaban J connectivity index is 1.30. The Kier molecular flexibility index (Phi) is 5.74. The number of aromatic nitrogens is 3. The number of primary amides is 1. The Morgan fingerprint density at radius 1 is 1.28 bits per heavy atom. The monoisotopic (exact) mass is 430 g/mol. The van der Waals surface area contributed by atoms with Crippen LogP contribution in [-0.4, -0.2) is 44.8 Å². The third-order valence-corrected chi connectivity index (χ3v) is 6.57. The molecule has 4 rings (SSSR count). The minimum atomic E-state index is -0.517. The Labute approximate surface area is 176 Å². The second-order valence-electron chi connectivity index (χ2n) is 7.10. The van der Waals surface area contributed by atoms with Crippen LogP contribution in [0.5, 0.6) is 0 Å². The number of nitrogens with zero attached hydrogens (tertiary/aromatic N) is 3. The molecular formula is C19H22N6O2S2. The van der Waals surface area contributed by atoms with Crippen LogP contribution < -0.4 is 11.1 Å². The van der Waals surface area contributed by atoms with Crippen LogP contribution in [0.2, 0.25) is 0 Å². The normalized spacial score (nSPS) is 15.5. The highest BCUT2D eigenvalue weighted by atomic mass is 32.1. The molecule has 4 N–H and O–H groups in total. The number of anilines is 1. The van der Waals surface area contributed by atoms with Gasteiger partial charge in [-0.25, -0.2) is 9.97 Å². The molecule has 0 spiro atoms. The van der Waals surface area contributed by atoms with Gasteiger partial charge in [-0.1, -0.05) is 0 Å². The van der Waals surface area contributed by atoms with Gasteiger partial charge in [-0.05, 0) is 38.9 Å². The van der Waals surface area contributed by atoms with E-state index in [0.717, 1.165) is 48.7 Å². The van der Waals surface area contributed by atoms with Gasteiger partial charge in [-0.2, -0.15) is 0 Å². The lowest BCUT2D eigenvalue weighted by Gasteiger charge is -2.30. The number of hydrogen-bond donors (Lipinski definition) is 3. The van der Waals surface area contributed by atoms with Crippen molar-refractivity contribution in [3.05, 3.63) is 39.4 Å². The van der Waals surface area contributed by atoms with Crippen molar-refractivity contribution < 1.29 is 9.59 Å². The summed E-state index contributed by atoms with van der Waals surface area (Å²) in [4.78, 5) is 38.0. The van der Waals surface area contributed by atoms with Crippen LogP contribution in [0.25, 0.3) is 11.3 Å². The fourth-order valence-electron chi connectivity index (χ4n) is 3.42. The lowest BCUT2D eigenvalue weighted by Crippen LogP contribution is -2.37. The zero-order chi connectivity index (χ0) is 20.4. The van der Waals surface area contributed by atoms with E-state index in [0.29, 0.717) is 16.5 Å². The highest BCUT2D eigenvalue weighted by Gasteiger charge is 2.26. The molecule has 0 radical (unpaired) electrons. The van der Waals surface area contributed by atoms with Crippen molar-refractivity contribution in [2.75, 3.05) is 18.4 Å². The van der Waals surface area contributed by atoms with Gasteiger partial charge in [0.25, 0.3) is 5.91 Å². The van der Waals surface area contributed by atoms with Crippen LogP contribution in [0, 0.1) is 12.8 Å². The summed E-state index contributed by atoms with van der Waals surface area (Å²) in [5.41, 5.74) is 8.16. The smallest absolute Gasteiger partial charge is 0.265 e. The summed E-state index contributed by atoms with van der Waals surface area (Å²) >= 11 is 3.04. The molecule has 1 aliphatic heterocycles. The number of hydrogen-bond acceptors (Lipinski definition) is 7. The molecule has 0 atom stereocenters. The van der Waals surface area contributed by atoms with Gasteiger partial charge in [0.1, 0.15) is 5.69 Å². The Morgan fingerprint density at radius 2 is 2.07 bits per heavy atom. The number of carbonyl (C=O) groups is 2. The summed E-state index contributed by atoms with van der Waals surface area (Å²) in [6.45, 7) is 4.63. The number of carbonyl (C=O) groups excluding carboxylic acids is 2. The van der Waals surface area contributed by atoms with E-state index >= 15 is 0 Å². The molecule has 152 valence electrons. The molecule has 0 aromatic carbocycles. The number of nitrogens with one attached hydrogen (secondary N) is 2. The van der Waals surface area contributed by atoms with Crippen molar-refractivity contribution in [3.8, 4) is 11.3 Å². The van der Waals surface area contributed by atoms with E-state index in [2.05, 4.69) is 30.5 Å². The van der Waals surface area contributed by atoms with E-state index in [1.54, 1.807) is 23.6 Å². The highest BCUT2D eigenvalue weighted by molar-refractivity contribution is 7.14. The van der Waals surface area contributed by atoms with Gasteiger partial charge in [0.15, 0.2) is 5.13 Å². The van der Waals surface area contributed by atoms with Gasteiger partial charge < -0.3 is 16.0 Å². The molecule has 4 heterocycles. The number of H-pyrrole nitrogens is 1. The molecule has 0 bridgehead atoms. The van der Waals surface area contributed by atoms with Gasteiger partial charge in [0.05, 0.1) is 16.4 Å². The van der Waals surface area contributed by atoms with Crippen LogP contribution in [0.15, 0.2) is 23.0 Å². The van der Waals surface area contributed by atoms with Crippen LogP contribution >= 0.6 is 22.7 Å². The maximum absolute atomic E-state index is 12.6. The molecule has 8 nitrogen and oxygen atoms in total. The number of aryl methyl sites for hydroxylation is 1. The summed E-state index contributed by atoms with van der Waals surface area (Å²) in [7, 11) is 0. The first-order chi connectivity index (χ1) is 14.0. The van der Waals surface area contributed by atoms with E-state index in [9.17, 15) is 9.59 Å². The first-order valence-corrected chi connectivity index (χ1v) is 11.1. The zero-order valence-electron chi connectivity index (χ0n) is 16.0. The van der Waals surface area contributed by atoms with Crippen LogP contribution in [0.4, 0.5) is 5.13 Å². The zero-order valence-corrected chi connectivity index (χ0v) is 17.6. The summed E-state index contributed by atoms with van der Waals surface area (Å²) in [5.74, 6) is -0.511. The first-order valence-electron chi connectivity index (χ1n) is 9.36. The molecule has 1 fully saturated rings. The lowest BCUT2D eigenvalue weighted by molar-refractivity contribution is -0.121. The Bertz CT molecular complexity index is 1020. The van der Waals surface area contributed by atoms with Crippen molar-refractivity contribution in [1.29, 1.82) is 0 Å². The average Bonchev–Trinajstić information content (AvgIpc) is 3.43. The minimum absolute atomic E-state index is 0.00973. The largest absolute Gasteiger partial charge is 0.364 e. The Hall–Kier alpha value is -2.56. The van der Waals surface area contributed by atoms with Gasteiger partial charge in [0.2, 0.25) is 5.91 Å². The predicted molar refractivity (Wildman–Crippen MR) is 114 cm³/mol. The lowest BCUT2D eigenvalue weighted by atomic mass is 9.96. The first kappa shape index (κ1) is 19.7. The number of likely N-dealkylation sites (tertiary alicyclic amines) is 1. The molecule has 1 aliphatic rings. The van der Waals surface area contributed by atoms with E-state index in [-0.39, 0.29) is 11.8 Å². The summed E-state index contributed by atoms with van der Waals surface area (Å²) in [6.07, 6.45) is 3.33. The average molecular weight is 431 g/mol. The van der Waals surface area contributed by atoms with Crippen LogP contribution in [0.1, 0.15) is 34.0 Å². The maximum atomic E-state index is 12.6. The fraction of sp³-hybridized carbons (Fsp3) is 0.368. The van der Waals surface area contributed by atoms with E-state index in [1.165, 1.54) is 11.3 Å². The van der Waals surface area contributed by atoms with Crippen LogP contribution in [0.3, 0.4) is 0 Å². The van der Waals surface area contributed by atoms with Gasteiger partial charge in [-0.3, -0.25) is 14.5 Å². The maximum Gasteiger partial charge on any atom is 0.265 e. The molecule has 2 amide bonds. The molecule has 3 aromatic heterocycles. The number of amides is 2. The number of thiazole rings is 2. The third-order valence-electron chi connectivity index (χ3n) is 4.99. The summed E-state index contributed by atoms with van der Waals surface area (Å²) in [6, 6.07) is 1.66. The number of rotatable bonds is 6. The Morgan fingerprint density at radius 3 is 2.72 bits per heavy atom. The van der Waals surface area contributed by atoms with Crippen molar-refractivity contribution in [3.63, 3.8) is 0 Å². The summed E-state index contributed by atoms with van der Waals surface area (Å²) in [5, 5.41) is 8.54. The SMILES string of the molecule is Cc1nc(CN2CCC(C(=O)Nc3nc(-c4c[nH]c(C(N)=O)c4)cs3)CC2)cs1. The second-order valence-corrected chi connectivity index (χ2v) is 9.02. The van der Waals surface area contributed by atoms with Crippen molar-refractivity contribution in [2.45, 2.75) is 26.3 Å². The fourth-order valence-corrected chi connectivity index (χ4v) is 4.75. The molecule has 3 aromatic rings. The molecule has 0 unspecified atom stereocenters. The van der Waals surface area contributed by atoms with Crippen molar-refractivity contribution in [1.82, 2.24) is 19.9 Å². The van der Waals surface area contributed by atoms with Gasteiger partial charge in [0, 0.05) is 35.0 Å². The van der Waals surface area contributed by atoms with Gasteiger partial charge in [-0.15, -0.1) is 22.7 Å². The van der Waals surface area contributed by atoms with Crippen molar-refractivity contribution >= 4 is 39.6 Å². The van der Waals surface area contributed by atoms with E-state index in [4.69, 9.17) is 5.73 Å². The highest BCUT2D eigenvalue weighted by Crippen LogP contribution is 2.27. The predicted octanol–water partition coefficient (Wildman–Crippen LogP) is 2.85. The number of nitrogens with two attached hydrogens (primary N) is 1.